The Morgan fingerprint density at radius 3 is 1.71 bits per heavy atom. The number of para-hydroxylation sites is 2. The maximum absolute atomic E-state index is 14.1. The predicted molar refractivity (Wildman–Crippen MR) is 106 cm³/mol. The van der Waals surface area contributed by atoms with Gasteiger partial charge in [0.25, 0.3) is 0 Å². The minimum absolute atomic E-state index is 0.240. The molecule has 7 heteroatoms. The second-order valence-corrected chi connectivity index (χ2v) is 10.1. The second-order valence-electron chi connectivity index (χ2n) is 8.25. The number of ketones is 1. The SMILES string of the molecule is C[C@]12C[NH2+]C[C@](C)(CN(P(=O)(Oc3ccccc3)Oc3ccccc3)C1)C2=O. The molecule has 2 aromatic rings. The summed E-state index contributed by atoms with van der Waals surface area (Å²) >= 11 is 0. The van der Waals surface area contributed by atoms with Gasteiger partial charge in [-0.3, -0.25) is 4.79 Å². The zero-order valence-corrected chi connectivity index (χ0v) is 17.1. The summed E-state index contributed by atoms with van der Waals surface area (Å²) in [5.41, 5.74) is -1.16. The van der Waals surface area contributed by atoms with Gasteiger partial charge in [0.05, 0.1) is 23.9 Å². The van der Waals surface area contributed by atoms with Gasteiger partial charge in [0, 0.05) is 13.1 Å². The van der Waals surface area contributed by atoms with Crippen molar-refractivity contribution < 1.29 is 23.7 Å². The van der Waals surface area contributed by atoms with Crippen LogP contribution in [-0.4, -0.2) is 36.6 Å². The molecule has 2 N–H and O–H groups in total. The molecule has 2 aliphatic heterocycles. The van der Waals surface area contributed by atoms with Gasteiger partial charge in [-0.15, -0.1) is 0 Å². The lowest BCUT2D eigenvalue weighted by atomic mass is 9.66. The molecule has 2 aliphatic rings. The lowest BCUT2D eigenvalue weighted by molar-refractivity contribution is -0.681. The van der Waals surface area contributed by atoms with Gasteiger partial charge in [-0.1, -0.05) is 36.4 Å². The molecule has 0 unspecified atom stereocenters. The highest BCUT2D eigenvalue weighted by atomic mass is 31.2. The van der Waals surface area contributed by atoms with E-state index in [-0.39, 0.29) is 5.78 Å². The van der Waals surface area contributed by atoms with Crippen LogP contribution in [0.25, 0.3) is 0 Å². The van der Waals surface area contributed by atoms with Crippen LogP contribution < -0.4 is 14.4 Å². The van der Waals surface area contributed by atoms with Gasteiger partial charge in [-0.2, -0.15) is 4.67 Å². The highest BCUT2D eigenvalue weighted by Crippen LogP contribution is 2.56. The first-order valence-corrected chi connectivity index (χ1v) is 11.0. The molecule has 2 bridgehead atoms. The molecule has 2 atom stereocenters. The first-order chi connectivity index (χ1) is 13.3. The molecule has 2 heterocycles. The lowest BCUT2D eigenvalue weighted by Gasteiger charge is -2.50. The van der Waals surface area contributed by atoms with Crippen LogP contribution in [-0.2, 0) is 9.36 Å². The van der Waals surface area contributed by atoms with E-state index >= 15 is 0 Å². The summed E-state index contributed by atoms with van der Waals surface area (Å²) in [6, 6.07) is 18.1. The van der Waals surface area contributed by atoms with Crippen molar-refractivity contribution in [1.29, 1.82) is 0 Å². The number of piperidine rings is 2. The number of hydrogen-bond donors (Lipinski definition) is 1. The van der Waals surface area contributed by atoms with Gasteiger partial charge >= 0.3 is 7.75 Å². The van der Waals surface area contributed by atoms with E-state index in [2.05, 4.69) is 5.32 Å². The van der Waals surface area contributed by atoms with Crippen LogP contribution in [0.15, 0.2) is 60.7 Å². The Bertz CT molecular complexity index is 840. The number of carbonyl (C=O) groups is 1. The molecule has 2 fully saturated rings. The summed E-state index contributed by atoms with van der Waals surface area (Å²) in [6.07, 6.45) is 0. The molecular weight excluding hydrogens is 375 g/mol. The fourth-order valence-electron chi connectivity index (χ4n) is 4.29. The predicted octanol–water partition coefficient (Wildman–Crippen LogP) is 2.73. The third-order valence-corrected chi connectivity index (χ3v) is 7.48. The largest absolute Gasteiger partial charge is 0.515 e. The lowest BCUT2D eigenvalue weighted by Crippen LogP contribution is -2.96. The van der Waals surface area contributed by atoms with Gasteiger partial charge in [0.1, 0.15) is 11.5 Å². The highest BCUT2D eigenvalue weighted by Gasteiger charge is 2.60. The smallest absolute Gasteiger partial charge is 0.404 e. The third-order valence-electron chi connectivity index (χ3n) is 5.62. The Morgan fingerprint density at radius 2 is 1.29 bits per heavy atom. The molecule has 0 aliphatic carbocycles. The second kappa shape index (κ2) is 7.03. The topological polar surface area (TPSA) is 72.5 Å². The van der Waals surface area contributed by atoms with Crippen molar-refractivity contribution in [2.24, 2.45) is 10.8 Å². The molecule has 6 nitrogen and oxygen atoms in total. The molecule has 2 aromatic carbocycles. The van der Waals surface area contributed by atoms with Crippen LogP contribution in [0.5, 0.6) is 11.5 Å². The Morgan fingerprint density at radius 1 is 0.857 bits per heavy atom. The molecule has 28 heavy (non-hydrogen) atoms. The first-order valence-electron chi connectivity index (χ1n) is 9.54. The molecule has 0 amide bonds. The normalized spacial score (nSPS) is 28.0. The summed E-state index contributed by atoms with van der Waals surface area (Å²) < 4.78 is 27.8. The van der Waals surface area contributed by atoms with E-state index in [1.54, 1.807) is 28.9 Å². The number of Topliss-reactive ketones (excluding diaryl/α,β-unsaturated/α-hetero) is 1. The number of rotatable bonds is 5. The van der Waals surface area contributed by atoms with Gasteiger partial charge < -0.3 is 14.4 Å². The molecule has 0 aromatic heterocycles. The summed E-state index contributed by atoms with van der Waals surface area (Å²) in [5.74, 6) is 1.20. The average molecular weight is 401 g/mol. The molecule has 0 saturated carbocycles. The summed E-state index contributed by atoms with van der Waals surface area (Å²) in [4.78, 5) is 13.0. The Hall–Kier alpha value is -2.14. The number of carbonyl (C=O) groups excluding carboxylic acids is 1. The monoisotopic (exact) mass is 401 g/mol. The fraction of sp³-hybridized carbons (Fsp3) is 0.381. The van der Waals surface area contributed by atoms with Gasteiger partial charge in [0.2, 0.25) is 0 Å². The number of nitrogens with two attached hydrogens (primary N) is 1. The number of benzene rings is 2. The molecule has 148 valence electrons. The molecule has 0 spiro atoms. The Balaban J connectivity index is 1.71. The number of hydrogen-bond acceptors (Lipinski definition) is 4. The minimum Gasteiger partial charge on any atom is -0.404 e. The van der Waals surface area contributed by atoms with E-state index in [1.165, 1.54) is 0 Å². The van der Waals surface area contributed by atoms with Crippen molar-refractivity contribution in [3.05, 3.63) is 60.7 Å². The zero-order valence-electron chi connectivity index (χ0n) is 16.2. The Kier molecular flexibility index (Phi) is 4.82. The van der Waals surface area contributed by atoms with Crippen molar-refractivity contribution in [3.63, 3.8) is 0 Å². The maximum Gasteiger partial charge on any atom is 0.515 e. The average Bonchev–Trinajstić information content (AvgIpc) is 2.66. The van der Waals surface area contributed by atoms with E-state index in [0.717, 1.165) is 0 Å². The summed E-state index contributed by atoms with van der Waals surface area (Å²) in [5, 5.41) is 2.18. The maximum atomic E-state index is 14.1. The van der Waals surface area contributed by atoms with E-state index < -0.39 is 18.6 Å². The molecule has 2 saturated heterocycles. The van der Waals surface area contributed by atoms with Crippen LogP contribution in [0.4, 0.5) is 0 Å². The number of quaternary nitrogens is 1. The van der Waals surface area contributed by atoms with Crippen LogP contribution in [0, 0.1) is 10.8 Å². The number of fused-ring (bicyclic) bond motifs is 2. The van der Waals surface area contributed by atoms with Gasteiger partial charge in [-0.25, -0.2) is 4.57 Å². The van der Waals surface area contributed by atoms with Crippen LogP contribution >= 0.6 is 7.75 Å². The quantitative estimate of drug-likeness (QED) is 0.780. The van der Waals surface area contributed by atoms with E-state index in [0.29, 0.717) is 37.7 Å². The van der Waals surface area contributed by atoms with E-state index in [9.17, 15) is 9.36 Å². The molecule has 4 rings (SSSR count). The standard InChI is InChI=1S/C21H25N2O4P/c1-20-13-22-14-21(2,19(20)24)16-23(15-20)28(25,26-17-9-5-3-6-10-17)27-18-11-7-4-8-12-18/h3-12,22H,13-16H2,1-2H3/p+1/t20-,21+. The third kappa shape index (κ3) is 3.48. The number of nitrogens with zero attached hydrogens (tertiary/aromatic N) is 1. The minimum atomic E-state index is -3.74. The van der Waals surface area contributed by atoms with Gasteiger partial charge in [-0.05, 0) is 38.1 Å². The van der Waals surface area contributed by atoms with Crippen LogP contribution in [0.1, 0.15) is 13.8 Å². The first kappa shape index (κ1) is 19.2. The van der Waals surface area contributed by atoms with Crippen molar-refractivity contribution in [2.45, 2.75) is 13.8 Å². The highest BCUT2D eigenvalue weighted by molar-refractivity contribution is 7.52. The molecule has 0 radical (unpaired) electrons. The van der Waals surface area contributed by atoms with Gasteiger partial charge in [0.15, 0.2) is 5.78 Å². The molecular formula is C21H26N2O4P+. The van der Waals surface area contributed by atoms with Crippen LogP contribution in [0.3, 0.4) is 0 Å². The summed E-state index contributed by atoms with van der Waals surface area (Å²) in [6.45, 7) is 5.93. The summed E-state index contributed by atoms with van der Waals surface area (Å²) in [7, 11) is -3.74. The zero-order chi connectivity index (χ0) is 19.8. The van der Waals surface area contributed by atoms with Crippen molar-refractivity contribution >= 4 is 13.5 Å². The Labute approximate surface area is 165 Å². The fourth-order valence-corrected chi connectivity index (χ4v) is 6.31. The van der Waals surface area contributed by atoms with E-state index in [1.807, 2.05) is 50.2 Å². The van der Waals surface area contributed by atoms with Crippen LogP contribution in [0.2, 0.25) is 0 Å². The van der Waals surface area contributed by atoms with Crippen molar-refractivity contribution in [1.82, 2.24) is 4.67 Å². The van der Waals surface area contributed by atoms with Crippen molar-refractivity contribution in [2.75, 3.05) is 26.2 Å². The van der Waals surface area contributed by atoms with Crippen molar-refractivity contribution in [3.8, 4) is 11.5 Å². The van der Waals surface area contributed by atoms with E-state index in [4.69, 9.17) is 9.05 Å².